The van der Waals surface area contributed by atoms with Gasteiger partial charge in [-0.1, -0.05) is 62.8 Å². The van der Waals surface area contributed by atoms with Gasteiger partial charge in [0.1, 0.15) is 0 Å². The first-order chi connectivity index (χ1) is 9.55. The van der Waals surface area contributed by atoms with Crippen molar-refractivity contribution < 1.29 is 0 Å². The lowest BCUT2D eigenvalue weighted by Crippen LogP contribution is -2.37. The van der Waals surface area contributed by atoms with Crippen LogP contribution >= 0.6 is 24.8 Å². The third-order valence-corrected chi connectivity index (χ3v) is 4.22. The average Bonchev–Trinajstić information content (AvgIpc) is 3.23. The summed E-state index contributed by atoms with van der Waals surface area (Å²) in [7, 11) is 0. The van der Waals surface area contributed by atoms with Gasteiger partial charge in [-0.05, 0) is 36.3 Å². The molecule has 0 saturated heterocycles. The lowest BCUT2D eigenvalue weighted by atomic mass is 9.94. The van der Waals surface area contributed by atoms with E-state index in [0.717, 1.165) is 19.5 Å². The number of nitrogens with one attached hydrogen (secondary N) is 1. The molecule has 2 rings (SSSR count). The van der Waals surface area contributed by atoms with Crippen LogP contribution in [0.3, 0.4) is 0 Å². The molecule has 0 aromatic heterocycles. The third kappa shape index (κ3) is 6.29. The van der Waals surface area contributed by atoms with Crippen LogP contribution in [0.2, 0.25) is 0 Å². The minimum absolute atomic E-state index is 0. The highest BCUT2D eigenvalue weighted by Gasteiger charge is 2.39. The van der Waals surface area contributed by atoms with Gasteiger partial charge >= 0.3 is 0 Å². The second-order valence-electron chi connectivity index (χ2n) is 6.68. The normalized spacial score (nSPS) is 20.8. The van der Waals surface area contributed by atoms with Crippen LogP contribution in [0.5, 0.6) is 0 Å². The van der Waals surface area contributed by atoms with E-state index in [-0.39, 0.29) is 30.2 Å². The fourth-order valence-corrected chi connectivity index (χ4v) is 2.54. The number of hydrogen-bond acceptors (Lipinski definition) is 2. The van der Waals surface area contributed by atoms with Crippen molar-refractivity contribution in [3.63, 3.8) is 0 Å². The van der Waals surface area contributed by atoms with E-state index in [1.807, 2.05) is 0 Å². The minimum atomic E-state index is 0. The summed E-state index contributed by atoms with van der Waals surface area (Å²) in [5.41, 5.74) is 8.87. The number of benzene rings is 1. The van der Waals surface area contributed by atoms with Crippen molar-refractivity contribution in [3.05, 3.63) is 41.5 Å². The molecule has 1 saturated carbocycles. The first kappa shape index (κ1) is 21.5. The Labute approximate surface area is 147 Å². The minimum Gasteiger partial charge on any atom is -0.330 e. The summed E-state index contributed by atoms with van der Waals surface area (Å²) in [6, 6.07) is 11.3. The molecule has 0 spiro atoms. The van der Waals surface area contributed by atoms with E-state index in [1.54, 1.807) is 5.57 Å². The van der Waals surface area contributed by atoms with Gasteiger partial charge in [0, 0.05) is 12.6 Å². The SMILES string of the molecule is CC/C(=C\c1ccccc1)C1CC1NCC(C)(C)CN.Cl.Cl. The molecular formula is C18H30Cl2N2. The van der Waals surface area contributed by atoms with Gasteiger partial charge in [-0.3, -0.25) is 0 Å². The molecule has 0 aliphatic heterocycles. The summed E-state index contributed by atoms with van der Waals surface area (Å²) >= 11 is 0. The summed E-state index contributed by atoms with van der Waals surface area (Å²) < 4.78 is 0. The van der Waals surface area contributed by atoms with Crippen LogP contribution < -0.4 is 11.1 Å². The Hall–Kier alpha value is -0.540. The van der Waals surface area contributed by atoms with Gasteiger partial charge in [-0.25, -0.2) is 0 Å². The third-order valence-electron chi connectivity index (χ3n) is 4.22. The predicted molar refractivity (Wildman–Crippen MR) is 102 cm³/mol. The molecule has 2 nitrogen and oxygen atoms in total. The van der Waals surface area contributed by atoms with Gasteiger partial charge < -0.3 is 11.1 Å². The molecule has 1 fully saturated rings. The van der Waals surface area contributed by atoms with Crippen molar-refractivity contribution in [2.45, 2.75) is 39.7 Å². The van der Waals surface area contributed by atoms with Crippen LogP contribution in [-0.2, 0) is 0 Å². The summed E-state index contributed by atoms with van der Waals surface area (Å²) in [6.45, 7) is 8.44. The van der Waals surface area contributed by atoms with Crippen molar-refractivity contribution >= 4 is 30.9 Å². The van der Waals surface area contributed by atoms with Crippen molar-refractivity contribution in [3.8, 4) is 0 Å². The van der Waals surface area contributed by atoms with E-state index in [9.17, 15) is 0 Å². The van der Waals surface area contributed by atoms with E-state index in [4.69, 9.17) is 5.73 Å². The number of halogens is 2. The van der Waals surface area contributed by atoms with Crippen LogP contribution in [-0.4, -0.2) is 19.1 Å². The molecule has 1 aromatic rings. The Balaban J connectivity index is 0.00000220. The molecule has 1 aliphatic carbocycles. The fraction of sp³-hybridized carbons (Fsp3) is 0.556. The number of rotatable bonds is 7. The summed E-state index contributed by atoms with van der Waals surface area (Å²) in [5, 5.41) is 3.68. The predicted octanol–water partition coefficient (Wildman–Crippen LogP) is 4.29. The molecule has 1 aromatic carbocycles. The van der Waals surface area contributed by atoms with Crippen LogP contribution in [0.15, 0.2) is 35.9 Å². The van der Waals surface area contributed by atoms with Crippen molar-refractivity contribution in [1.29, 1.82) is 0 Å². The zero-order valence-electron chi connectivity index (χ0n) is 13.8. The highest BCUT2D eigenvalue weighted by atomic mass is 35.5. The van der Waals surface area contributed by atoms with Crippen LogP contribution in [0, 0.1) is 11.3 Å². The zero-order valence-corrected chi connectivity index (χ0v) is 15.5. The molecule has 126 valence electrons. The maximum absolute atomic E-state index is 5.78. The van der Waals surface area contributed by atoms with E-state index < -0.39 is 0 Å². The Morgan fingerprint density at radius 2 is 1.91 bits per heavy atom. The molecule has 2 unspecified atom stereocenters. The quantitative estimate of drug-likeness (QED) is 0.774. The zero-order chi connectivity index (χ0) is 14.6. The monoisotopic (exact) mass is 344 g/mol. The molecule has 2 atom stereocenters. The molecule has 0 amide bonds. The molecule has 0 radical (unpaired) electrons. The Bertz CT molecular complexity index is 457. The van der Waals surface area contributed by atoms with Gasteiger partial charge in [-0.2, -0.15) is 0 Å². The molecule has 0 bridgehead atoms. The van der Waals surface area contributed by atoms with Crippen LogP contribution in [0.1, 0.15) is 39.2 Å². The van der Waals surface area contributed by atoms with E-state index in [1.165, 1.54) is 12.0 Å². The standard InChI is InChI=1S/C18H28N2.2ClH/c1-4-15(10-14-8-6-5-7-9-14)16-11-17(16)20-13-18(2,3)12-19;;/h5-10,16-17,20H,4,11-13,19H2,1-3H3;2*1H/b15-10+;;. The molecule has 1 aliphatic rings. The van der Waals surface area contributed by atoms with Crippen LogP contribution in [0.4, 0.5) is 0 Å². The Morgan fingerprint density at radius 3 is 2.45 bits per heavy atom. The maximum Gasteiger partial charge on any atom is 0.0140 e. The molecular weight excluding hydrogens is 315 g/mol. The van der Waals surface area contributed by atoms with Gasteiger partial charge in [0.2, 0.25) is 0 Å². The fourth-order valence-electron chi connectivity index (χ4n) is 2.54. The van der Waals surface area contributed by atoms with Crippen molar-refractivity contribution in [2.75, 3.05) is 13.1 Å². The Kier molecular flexibility index (Phi) is 9.33. The number of nitrogens with two attached hydrogens (primary N) is 1. The topological polar surface area (TPSA) is 38.0 Å². The average molecular weight is 345 g/mol. The first-order valence-corrected chi connectivity index (χ1v) is 7.74. The second-order valence-corrected chi connectivity index (χ2v) is 6.68. The van der Waals surface area contributed by atoms with Gasteiger partial charge in [-0.15, -0.1) is 24.8 Å². The smallest absolute Gasteiger partial charge is 0.0140 e. The molecule has 22 heavy (non-hydrogen) atoms. The maximum atomic E-state index is 5.78. The molecule has 0 heterocycles. The lowest BCUT2D eigenvalue weighted by molar-refractivity contribution is 0.348. The summed E-state index contributed by atoms with van der Waals surface area (Å²) in [5.74, 6) is 0.716. The van der Waals surface area contributed by atoms with Gasteiger partial charge in [0.25, 0.3) is 0 Å². The summed E-state index contributed by atoms with van der Waals surface area (Å²) in [4.78, 5) is 0. The van der Waals surface area contributed by atoms with E-state index >= 15 is 0 Å². The van der Waals surface area contributed by atoms with Gasteiger partial charge in [0.05, 0.1) is 0 Å². The van der Waals surface area contributed by atoms with E-state index in [0.29, 0.717) is 12.0 Å². The molecule has 4 heteroatoms. The summed E-state index contributed by atoms with van der Waals surface area (Å²) in [6.07, 6.45) is 4.77. The lowest BCUT2D eigenvalue weighted by Gasteiger charge is -2.23. The first-order valence-electron chi connectivity index (χ1n) is 7.74. The van der Waals surface area contributed by atoms with E-state index in [2.05, 4.69) is 62.5 Å². The van der Waals surface area contributed by atoms with Crippen molar-refractivity contribution in [2.24, 2.45) is 17.1 Å². The highest BCUT2D eigenvalue weighted by Crippen LogP contribution is 2.40. The van der Waals surface area contributed by atoms with Crippen molar-refractivity contribution in [1.82, 2.24) is 5.32 Å². The van der Waals surface area contributed by atoms with Gasteiger partial charge in [0.15, 0.2) is 0 Å². The Morgan fingerprint density at radius 1 is 1.27 bits per heavy atom. The van der Waals surface area contributed by atoms with Crippen LogP contribution in [0.25, 0.3) is 6.08 Å². The highest BCUT2D eigenvalue weighted by molar-refractivity contribution is 5.85. The second kappa shape index (κ2) is 9.57. The largest absolute Gasteiger partial charge is 0.330 e. The number of hydrogen-bond donors (Lipinski definition) is 2. The molecule has 3 N–H and O–H groups in total.